The van der Waals surface area contributed by atoms with Crippen molar-refractivity contribution in [2.45, 2.75) is 33.6 Å². The summed E-state index contributed by atoms with van der Waals surface area (Å²) >= 11 is 0. The van der Waals surface area contributed by atoms with E-state index in [1.54, 1.807) is 23.9 Å². The Morgan fingerprint density at radius 2 is 1.62 bits per heavy atom. The molecule has 0 saturated heterocycles. The molecule has 0 atom stereocenters. The van der Waals surface area contributed by atoms with Gasteiger partial charge in [0.2, 0.25) is 5.91 Å². The highest BCUT2D eigenvalue weighted by molar-refractivity contribution is 5.99. The minimum Gasteiger partial charge on any atom is -0.495 e. The van der Waals surface area contributed by atoms with E-state index in [1.807, 2.05) is 87.5 Å². The summed E-state index contributed by atoms with van der Waals surface area (Å²) < 4.78 is 7.14. The third-order valence-electron chi connectivity index (χ3n) is 6.48. The summed E-state index contributed by atoms with van der Waals surface area (Å²) in [7, 11) is 1.55. The molecule has 3 aromatic carbocycles. The second kappa shape index (κ2) is 12.8. The number of aromatic nitrogens is 2. The fourth-order valence-electron chi connectivity index (χ4n) is 4.46. The van der Waals surface area contributed by atoms with Gasteiger partial charge in [-0.25, -0.2) is 9.48 Å². The maximum atomic E-state index is 13.5. The van der Waals surface area contributed by atoms with E-state index in [9.17, 15) is 9.59 Å². The van der Waals surface area contributed by atoms with Gasteiger partial charge >= 0.3 is 6.03 Å². The lowest BCUT2D eigenvalue weighted by Gasteiger charge is -2.23. The Balaban J connectivity index is 1.64. The molecule has 0 aliphatic heterocycles. The molecule has 8 nitrogen and oxygen atoms in total. The Morgan fingerprint density at radius 3 is 2.33 bits per heavy atom. The van der Waals surface area contributed by atoms with Crippen LogP contribution in [0.2, 0.25) is 0 Å². The first-order valence-corrected chi connectivity index (χ1v) is 13.1. The number of carbonyl (C=O) groups is 2. The number of benzene rings is 3. The van der Waals surface area contributed by atoms with Gasteiger partial charge < -0.3 is 20.3 Å². The van der Waals surface area contributed by atoms with Crippen LogP contribution in [0.25, 0.3) is 16.8 Å². The fourth-order valence-corrected chi connectivity index (χ4v) is 4.46. The van der Waals surface area contributed by atoms with E-state index in [0.717, 1.165) is 40.9 Å². The van der Waals surface area contributed by atoms with Crippen molar-refractivity contribution in [3.8, 4) is 22.6 Å². The minimum atomic E-state index is -0.366. The Kier molecular flexibility index (Phi) is 8.99. The SMILES string of the molecule is CCCCN(CC(=O)Nc1c(-c2ccccc2)c(C)nn1-c1ccccc1C)C(=O)Nc1ccccc1OC. The fraction of sp³-hybridized carbons (Fsp3) is 0.258. The van der Waals surface area contributed by atoms with Crippen LogP contribution < -0.4 is 15.4 Å². The van der Waals surface area contributed by atoms with Crippen LogP contribution in [0.1, 0.15) is 31.0 Å². The van der Waals surface area contributed by atoms with E-state index in [1.165, 1.54) is 4.90 Å². The number of rotatable bonds is 10. The first-order valence-electron chi connectivity index (χ1n) is 13.1. The average molecular weight is 526 g/mol. The van der Waals surface area contributed by atoms with Crippen LogP contribution in [0.15, 0.2) is 78.9 Å². The van der Waals surface area contributed by atoms with Crippen molar-refractivity contribution in [1.29, 1.82) is 0 Å². The highest BCUT2D eigenvalue weighted by Gasteiger charge is 2.23. The molecule has 0 bridgehead atoms. The minimum absolute atomic E-state index is 0.118. The zero-order valence-electron chi connectivity index (χ0n) is 22.9. The quantitative estimate of drug-likeness (QED) is 0.249. The summed E-state index contributed by atoms with van der Waals surface area (Å²) in [4.78, 5) is 28.3. The van der Waals surface area contributed by atoms with Crippen molar-refractivity contribution in [3.63, 3.8) is 0 Å². The van der Waals surface area contributed by atoms with Crippen molar-refractivity contribution in [1.82, 2.24) is 14.7 Å². The molecule has 4 rings (SSSR count). The number of amides is 3. The summed E-state index contributed by atoms with van der Waals surface area (Å²) in [5.74, 6) is 0.808. The number of hydrogen-bond donors (Lipinski definition) is 2. The van der Waals surface area contributed by atoms with Gasteiger partial charge in [-0.05, 0) is 49.6 Å². The van der Waals surface area contributed by atoms with Crippen LogP contribution in [0.3, 0.4) is 0 Å². The molecule has 0 unspecified atom stereocenters. The van der Waals surface area contributed by atoms with E-state index in [2.05, 4.69) is 10.6 Å². The van der Waals surface area contributed by atoms with Crippen LogP contribution in [0.5, 0.6) is 5.75 Å². The van der Waals surface area contributed by atoms with Gasteiger partial charge in [-0.15, -0.1) is 0 Å². The van der Waals surface area contributed by atoms with Crippen LogP contribution in [-0.2, 0) is 4.79 Å². The van der Waals surface area contributed by atoms with Gasteiger partial charge in [-0.1, -0.05) is 74.0 Å². The normalized spacial score (nSPS) is 10.7. The van der Waals surface area contributed by atoms with Crippen molar-refractivity contribution >= 4 is 23.4 Å². The van der Waals surface area contributed by atoms with E-state index in [4.69, 9.17) is 9.84 Å². The van der Waals surface area contributed by atoms with Crippen LogP contribution >= 0.6 is 0 Å². The highest BCUT2D eigenvalue weighted by atomic mass is 16.5. The van der Waals surface area contributed by atoms with Gasteiger partial charge in [0, 0.05) is 12.1 Å². The molecule has 8 heteroatoms. The summed E-state index contributed by atoms with van der Waals surface area (Å²) in [5.41, 5.74) is 5.02. The molecule has 0 radical (unpaired) electrons. The van der Waals surface area contributed by atoms with Gasteiger partial charge in [0.05, 0.1) is 24.2 Å². The molecule has 0 saturated carbocycles. The largest absolute Gasteiger partial charge is 0.495 e. The molecule has 0 aliphatic rings. The van der Waals surface area contributed by atoms with E-state index >= 15 is 0 Å². The maximum Gasteiger partial charge on any atom is 0.322 e. The van der Waals surface area contributed by atoms with E-state index < -0.39 is 0 Å². The van der Waals surface area contributed by atoms with Gasteiger partial charge in [0.25, 0.3) is 0 Å². The first-order chi connectivity index (χ1) is 18.9. The number of anilines is 2. The number of methoxy groups -OCH3 is 1. The zero-order valence-corrected chi connectivity index (χ0v) is 22.9. The molecule has 39 heavy (non-hydrogen) atoms. The molecule has 1 heterocycles. The third kappa shape index (κ3) is 6.46. The number of unbranched alkanes of at least 4 members (excludes halogenated alkanes) is 1. The summed E-state index contributed by atoms with van der Waals surface area (Å²) in [6.07, 6.45) is 1.65. The number of urea groups is 1. The summed E-state index contributed by atoms with van der Waals surface area (Å²) in [6.45, 7) is 6.31. The number of aryl methyl sites for hydroxylation is 2. The standard InChI is InChI=1S/C31H35N5O3/c1-5-6-20-35(31(38)32-25-17-11-13-19-27(25)39-4)21-28(37)33-30-29(24-15-8-7-9-16-24)23(3)34-36(30)26-18-12-10-14-22(26)2/h7-19H,5-6,20-21H2,1-4H3,(H,32,38)(H,33,37). The monoisotopic (exact) mass is 525 g/mol. The lowest BCUT2D eigenvalue weighted by Crippen LogP contribution is -2.41. The van der Waals surface area contributed by atoms with E-state index in [-0.39, 0.29) is 18.5 Å². The van der Waals surface area contributed by atoms with Crippen molar-refractivity contribution in [3.05, 3.63) is 90.1 Å². The number of hydrogen-bond acceptors (Lipinski definition) is 4. The molecule has 4 aromatic rings. The average Bonchev–Trinajstić information content (AvgIpc) is 3.26. The molecule has 2 N–H and O–H groups in total. The van der Waals surface area contributed by atoms with Crippen molar-refractivity contribution in [2.24, 2.45) is 0 Å². The zero-order chi connectivity index (χ0) is 27.8. The number of carbonyl (C=O) groups excluding carboxylic acids is 2. The van der Waals surface area contributed by atoms with Gasteiger partial charge in [0.15, 0.2) is 0 Å². The van der Waals surface area contributed by atoms with Gasteiger partial charge in [0.1, 0.15) is 18.1 Å². The Bertz CT molecular complexity index is 1430. The molecular weight excluding hydrogens is 490 g/mol. The Morgan fingerprint density at radius 1 is 0.923 bits per heavy atom. The lowest BCUT2D eigenvalue weighted by atomic mass is 10.1. The third-order valence-corrected chi connectivity index (χ3v) is 6.48. The Labute approximate surface area is 229 Å². The van der Waals surface area contributed by atoms with Crippen LogP contribution in [0, 0.1) is 13.8 Å². The van der Waals surface area contributed by atoms with Crippen molar-refractivity contribution < 1.29 is 14.3 Å². The number of ether oxygens (including phenoxy) is 1. The number of para-hydroxylation sites is 3. The molecule has 202 valence electrons. The first kappa shape index (κ1) is 27.4. The maximum absolute atomic E-state index is 13.5. The molecule has 0 fully saturated rings. The summed E-state index contributed by atoms with van der Waals surface area (Å²) in [5, 5.41) is 10.8. The lowest BCUT2D eigenvalue weighted by molar-refractivity contribution is -0.116. The topological polar surface area (TPSA) is 88.5 Å². The molecule has 0 aliphatic carbocycles. The molecule has 3 amide bonds. The van der Waals surface area contributed by atoms with Crippen molar-refractivity contribution in [2.75, 3.05) is 30.8 Å². The van der Waals surface area contributed by atoms with Gasteiger partial charge in [-0.2, -0.15) is 5.10 Å². The number of nitrogens with one attached hydrogen (secondary N) is 2. The predicted molar refractivity (Wildman–Crippen MR) is 156 cm³/mol. The smallest absolute Gasteiger partial charge is 0.322 e. The van der Waals surface area contributed by atoms with Crippen LogP contribution in [0.4, 0.5) is 16.3 Å². The number of nitrogens with zero attached hydrogens (tertiary/aromatic N) is 3. The van der Waals surface area contributed by atoms with Crippen LogP contribution in [-0.4, -0.2) is 46.8 Å². The second-order valence-corrected chi connectivity index (χ2v) is 9.33. The van der Waals surface area contributed by atoms with Gasteiger partial charge in [-0.3, -0.25) is 4.79 Å². The highest BCUT2D eigenvalue weighted by Crippen LogP contribution is 2.34. The predicted octanol–water partition coefficient (Wildman–Crippen LogP) is 6.44. The van der Waals surface area contributed by atoms with E-state index in [0.29, 0.717) is 23.8 Å². The second-order valence-electron chi connectivity index (χ2n) is 9.33. The molecule has 0 spiro atoms. The Hall–Kier alpha value is -4.59. The molecular formula is C31H35N5O3. The molecule has 1 aromatic heterocycles. The summed E-state index contributed by atoms with van der Waals surface area (Å²) in [6, 6.07) is 24.6.